The number of hydrogen-bond acceptors (Lipinski definition) is 4. The number of nitrogens with zero attached hydrogens (tertiary/aromatic N) is 2. The molecule has 2 fully saturated rings. The van der Waals surface area contributed by atoms with E-state index in [0.29, 0.717) is 32.0 Å². The standard InChI is InChI=1S/C17H33N3O3.HI/c1-3-18-17(20-10-7-15(8-11-20)22-4-2)19-9-13-21-14-16-6-5-12-23-16;/h15-16H,3-14H2,1-2H3,(H,18,19);1H. The highest BCUT2D eigenvalue weighted by Crippen LogP contribution is 2.14. The third-order valence-corrected chi connectivity index (χ3v) is 4.30. The Kier molecular flexibility index (Phi) is 12.0. The first-order valence-electron chi connectivity index (χ1n) is 9.17. The van der Waals surface area contributed by atoms with Gasteiger partial charge in [0.2, 0.25) is 0 Å². The molecule has 0 saturated carbocycles. The summed E-state index contributed by atoms with van der Waals surface area (Å²) < 4.78 is 16.9. The van der Waals surface area contributed by atoms with Gasteiger partial charge in [0, 0.05) is 32.8 Å². The van der Waals surface area contributed by atoms with Crippen molar-refractivity contribution in [2.75, 3.05) is 52.6 Å². The van der Waals surface area contributed by atoms with Crippen molar-refractivity contribution in [3.63, 3.8) is 0 Å². The van der Waals surface area contributed by atoms with Crippen LogP contribution in [0.4, 0.5) is 0 Å². The van der Waals surface area contributed by atoms with Crippen molar-refractivity contribution in [1.82, 2.24) is 10.2 Å². The van der Waals surface area contributed by atoms with Crippen LogP contribution in [-0.2, 0) is 14.2 Å². The van der Waals surface area contributed by atoms with Crippen molar-refractivity contribution < 1.29 is 14.2 Å². The molecule has 0 aliphatic carbocycles. The molecular weight excluding hydrogens is 421 g/mol. The molecule has 7 heteroatoms. The quantitative estimate of drug-likeness (QED) is 0.264. The normalized spacial score (nSPS) is 22.5. The van der Waals surface area contributed by atoms with E-state index in [1.807, 2.05) is 0 Å². The van der Waals surface area contributed by atoms with Gasteiger partial charge in [0.15, 0.2) is 5.96 Å². The van der Waals surface area contributed by atoms with Gasteiger partial charge in [0.05, 0.1) is 32.0 Å². The maximum absolute atomic E-state index is 5.71. The monoisotopic (exact) mass is 455 g/mol. The number of halogens is 1. The smallest absolute Gasteiger partial charge is 0.193 e. The largest absolute Gasteiger partial charge is 0.378 e. The van der Waals surface area contributed by atoms with E-state index >= 15 is 0 Å². The molecule has 0 radical (unpaired) electrons. The second kappa shape index (κ2) is 13.1. The molecule has 0 aromatic heterocycles. The number of hydrogen-bond donors (Lipinski definition) is 1. The summed E-state index contributed by atoms with van der Waals surface area (Å²) in [6.45, 7) is 10.8. The van der Waals surface area contributed by atoms with Crippen molar-refractivity contribution in [2.24, 2.45) is 4.99 Å². The topological polar surface area (TPSA) is 55.3 Å². The Bertz CT molecular complexity index is 344. The molecule has 2 rings (SSSR count). The van der Waals surface area contributed by atoms with Crippen molar-refractivity contribution in [3.8, 4) is 0 Å². The van der Waals surface area contributed by atoms with Crippen LogP contribution in [0, 0.1) is 0 Å². The summed E-state index contributed by atoms with van der Waals surface area (Å²) >= 11 is 0. The first-order valence-corrected chi connectivity index (χ1v) is 9.17. The summed E-state index contributed by atoms with van der Waals surface area (Å²) in [4.78, 5) is 7.03. The summed E-state index contributed by atoms with van der Waals surface area (Å²) in [6, 6.07) is 0. The first kappa shape index (κ1) is 21.9. The van der Waals surface area contributed by atoms with Crippen LogP contribution in [0.25, 0.3) is 0 Å². The summed E-state index contributed by atoms with van der Waals surface area (Å²) in [5.41, 5.74) is 0. The maximum Gasteiger partial charge on any atom is 0.193 e. The van der Waals surface area contributed by atoms with Gasteiger partial charge in [-0.25, -0.2) is 0 Å². The molecule has 142 valence electrons. The minimum absolute atomic E-state index is 0. The lowest BCUT2D eigenvalue weighted by Gasteiger charge is -2.34. The molecule has 6 nitrogen and oxygen atoms in total. The van der Waals surface area contributed by atoms with E-state index in [0.717, 1.165) is 64.5 Å². The Balaban J connectivity index is 0.00000288. The predicted octanol–water partition coefficient (Wildman–Crippen LogP) is 2.27. The van der Waals surface area contributed by atoms with E-state index in [1.54, 1.807) is 0 Å². The van der Waals surface area contributed by atoms with Crippen LogP contribution in [0.5, 0.6) is 0 Å². The zero-order valence-corrected chi connectivity index (χ0v) is 17.5. The van der Waals surface area contributed by atoms with E-state index in [1.165, 1.54) is 0 Å². The first-order chi connectivity index (χ1) is 11.3. The van der Waals surface area contributed by atoms with Gasteiger partial charge in [-0.2, -0.15) is 0 Å². The zero-order valence-electron chi connectivity index (χ0n) is 15.2. The van der Waals surface area contributed by atoms with Gasteiger partial charge in [-0.1, -0.05) is 0 Å². The average Bonchev–Trinajstić information content (AvgIpc) is 3.08. The minimum Gasteiger partial charge on any atom is -0.378 e. The van der Waals surface area contributed by atoms with Crippen LogP contribution in [-0.4, -0.2) is 75.7 Å². The van der Waals surface area contributed by atoms with Gasteiger partial charge in [0.1, 0.15) is 0 Å². The second-order valence-electron chi connectivity index (χ2n) is 6.09. The van der Waals surface area contributed by atoms with Crippen LogP contribution in [0.15, 0.2) is 4.99 Å². The highest BCUT2D eigenvalue weighted by Gasteiger charge is 2.21. The summed E-state index contributed by atoms with van der Waals surface area (Å²) in [7, 11) is 0. The van der Waals surface area contributed by atoms with E-state index in [9.17, 15) is 0 Å². The van der Waals surface area contributed by atoms with Crippen LogP contribution in [0.2, 0.25) is 0 Å². The van der Waals surface area contributed by atoms with Crippen molar-refractivity contribution in [1.29, 1.82) is 0 Å². The number of likely N-dealkylation sites (tertiary alicyclic amines) is 1. The molecule has 0 amide bonds. The number of aliphatic imine (C=N–C) groups is 1. The molecule has 0 bridgehead atoms. The van der Waals surface area contributed by atoms with Crippen molar-refractivity contribution >= 4 is 29.9 Å². The Hall–Kier alpha value is -0.120. The van der Waals surface area contributed by atoms with E-state index in [-0.39, 0.29) is 24.0 Å². The molecule has 1 N–H and O–H groups in total. The van der Waals surface area contributed by atoms with Gasteiger partial charge in [-0.15, -0.1) is 24.0 Å². The number of nitrogens with one attached hydrogen (secondary N) is 1. The van der Waals surface area contributed by atoms with Gasteiger partial charge >= 0.3 is 0 Å². The lowest BCUT2D eigenvalue weighted by atomic mass is 10.1. The third kappa shape index (κ3) is 7.84. The second-order valence-corrected chi connectivity index (χ2v) is 6.09. The zero-order chi connectivity index (χ0) is 16.3. The molecule has 1 atom stereocenters. The molecule has 0 aromatic rings. The average molecular weight is 455 g/mol. The number of rotatable bonds is 8. The fourth-order valence-electron chi connectivity index (χ4n) is 3.10. The van der Waals surface area contributed by atoms with E-state index < -0.39 is 0 Å². The highest BCUT2D eigenvalue weighted by molar-refractivity contribution is 14.0. The SMILES string of the molecule is CCNC(=NCCOCC1CCCO1)N1CCC(OCC)CC1.I. The lowest BCUT2D eigenvalue weighted by Crippen LogP contribution is -2.47. The third-order valence-electron chi connectivity index (χ3n) is 4.30. The van der Waals surface area contributed by atoms with Crippen molar-refractivity contribution in [2.45, 2.75) is 51.7 Å². The molecule has 0 aromatic carbocycles. The van der Waals surface area contributed by atoms with Crippen LogP contribution in [0.3, 0.4) is 0 Å². The molecule has 2 saturated heterocycles. The van der Waals surface area contributed by atoms with Gasteiger partial charge in [-0.3, -0.25) is 4.99 Å². The molecule has 2 aliphatic heterocycles. The van der Waals surface area contributed by atoms with E-state index in [4.69, 9.17) is 19.2 Å². The molecule has 0 spiro atoms. The molecule has 24 heavy (non-hydrogen) atoms. The van der Waals surface area contributed by atoms with Gasteiger partial charge in [-0.05, 0) is 39.5 Å². The molecule has 2 heterocycles. The Labute approximate surface area is 163 Å². The number of piperidine rings is 1. The Morgan fingerprint density at radius 1 is 1.25 bits per heavy atom. The predicted molar refractivity (Wildman–Crippen MR) is 107 cm³/mol. The summed E-state index contributed by atoms with van der Waals surface area (Å²) in [6.07, 6.45) is 5.15. The fourth-order valence-corrected chi connectivity index (χ4v) is 3.10. The number of ether oxygens (including phenoxy) is 3. The number of guanidine groups is 1. The van der Waals surface area contributed by atoms with Gasteiger partial charge < -0.3 is 24.4 Å². The van der Waals surface area contributed by atoms with E-state index in [2.05, 4.69) is 24.1 Å². The highest BCUT2D eigenvalue weighted by atomic mass is 127. The van der Waals surface area contributed by atoms with Crippen molar-refractivity contribution in [3.05, 3.63) is 0 Å². The van der Waals surface area contributed by atoms with Crippen LogP contribution >= 0.6 is 24.0 Å². The minimum atomic E-state index is 0. The molecular formula is C17H34IN3O3. The maximum atomic E-state index is 5.71. The molecule has 1 unspecified atom stereocenters. The molecule has 2 aliphatic rings. The lowest BCUT2D eigenvalue weighted by molar-refractivity contribution is 0.0196. The Morgan fingerprint density at radius 3 is 2.67 bits per heavy atom. The van der Waals surface area contributed by atoms with Crippen LogP contribution in [0.1, 0.15) is 39.5 Å². The Morgan fingerprint density at radius 2 is 2.04 bits per heavy atom. The van der Waals surface area contributed by atoms with Gasteiger partial charge in [0.25, 0.3) is 0 Å². The summed E-state index contributed by atoms with van der Waals surface area (Å²) in [5, 5.41) is 3.39. The fraction of sp³-hybridized carbons (Fsp3) is 0.941. The summed E-state index contributed by atoms with van der Waals surface area (Å²) in [5.74, 6) is 1.00. The van der Waals surface area contributed by atoms with Crippen LogP contribution < -0.4 is 5.32 Å².